The average Bonchev–Trinajstić information content (AvgIpc) is 3.22. The van der Waals surface area contributed by atoms with E-state index < -0.39 is 5.41 Å². The van der Waals surface area contributed by atoms with Crippen LogP contribution in [-0.4, -0.2) is 84.1 Å². The topological polar surface area (TPSA) is 106 Å². The molecule has 6 fully saturated rings. The van der Waals surface area contributed by atoms with E-state index in [1.807, 2.05) is 17.0 Å². The molecule has 9 rings (SSSR count). The zero-order chi connectivity index (χ0) is 26.4. The van der Waals surface area contributed by atoms with Crippen LogP contribution >= 0.6 is 0 Å². The lowest BCUT2D eigenvalue weighted by Crippen LogP contribution is -2.73. The molecule has 3 saturated heterocycles. The van der Waals surface area contributed by atoms with E-state index in [9.17, 15) is 9.59 Å². The number of nitrogens with one attached hydrogen (secondary N) is 3. The summed E-state index contributed by atoms with van der Waals surface area (Å²) in [5.74, 6) is 0.982. The Morgan fingerprint density at radius 3 is 2.54 bits per heavy atom. The van der Waals surface area contributed by atoms with E-state index in [2.05, 4.69) is 30.7 Å². The normalized spacial score (nSPS) is 31.9. The maximum absolute atomic E-state index is 15.2. The molecule has 1 atom stereocenters. The molecular formula is C28H33FN8O2. The van der Waals surface area contributed by atoms with Gasteiger partial charge >= 0.3 is 0 Å². The molecule has 11 heteroatoms. The minimum Gasteiger partial charge on any atom is -0.366 e. The smallest absolute Gasteiger partial charge is 0.244 e. The molecule has 7 aliphatic rings. The van der Waals surface area contributed by atoms with Gasteiger partial charge in [0.1, 0.15) is 17.1 Å². The van der Waals surface area contributed by atoms with E-state index in [1.54, 1.807) is 6.20 Å². The van der Waals surface area contributed by atoms with Crippen LogP contribution in [0.1, 0.15) is 31.2 Å². The number of benzene rings is 1. The third-order valence-electron chi connectivity index (χ3n) is 9.99. The summed E-state index contributed by atoms with van der Waals surface area (Å²) in [7, 11) is 0. The van der Waals surface area contributed by atoms with Crippen LogP contribution in [0.2, 0.25) is 0 Å². The first-order valence-electron chi connectivity index (χ1n) is 14.2. The molecule has 3 N–H and O–H groups in total. The predicted octanol–water partition coefficient (Wildman–Crippen LogP) is 1.40. The van der Waals surface area contributed by atoms with Gasteiger partial charge in [0.15, 0.2) is 0 Å². The largest absolute Gasteiger partial charge is 0.366 e. The quantitative estimate of drug-likeness (QED) is 0.497. The minimum atomic E-state index is -1.06. The Kier molecular flexibility index (Phi) is 5.04. The summed E-state index contributed by atoms with van der Waals surface area (Å²) in [4.78, 5) is 42.4. The SMILES string of the molecule is O=C1NCC[C@@]12Cc1cnc(Nc3ccc(N4CC(N5CCNCC5)C4)c(F)c3)nc1N(C13CC(C1)C3)C2=O. The van der Waals surface area contributed by atoms with Gasteiger partial charge in [0, 0.05) is 75.7 Å². The van der Waals surface area contributed by atoms with Crippen molar-refractivity contribution >= 4 is 35.0 Å². The Bertz CT molecular complexity index is 1360. The lowest BCUT2D eigenvalue weighted by atomic mass is 9.48. The minimum absolute atomic E-state index is 0.128. The van der Waals surface area contributed by atoms with Gasteiger partial charge in [0.2, 0.25) is 17.8 Å². The number of halogens is 1. The highest BCUT2D eigenvalue weighted by Gasteiger charge is 2.67. The second-order valence-electron chi connectivity index (χ2n) is 12.3. The second-order valence-corrected chi connectivity index (χ2v) is 12.3. The van der Waals surface area contributed by atoms with E-state index in [0.717, 1.165) is 64.1 Å². The lowest BCUT2D eigenvalue weighted by Gasteiger charge is -2.67. The van der Waals surface area contributed by atoms with Gasteiger partial charge in [0.05, 0.1) is 11.2 Å². The van der Waals surface area contributed by atoms with Crippen molar-refractivity contribution in [2.24, 2.45) is 11.3 Å². The van der Waals surface area contributed by atoms with Crippen LogP contribution in [0.5, 0.6) is 0 Å². The molecule has 39 heavy (non-hydrogen) atoms. The third kappa shape index (κ3) is 3.45. The number of rotatable bonds is 5. The first-order chi connectivity index (χ1) is 18.9. The molecule has 5 heterocycles. The highest BCUT2D eigenvalue weighted by Crippen LogP contribution is 2.63. The number of amides is 2. The number of nitrogens with zero attached hydrogens (tertiary/aromatic N) is 5. The molecule has 0 radical (unpaired) electrons. The number of fused-ring (bicyclic) bond motifs is 1. The monoisotopic (exact) mass is 532 g/mol. The maximum atomic E-state index is 15.2. The van der Waals surface area contributed by atoms with Gasteiger partial charge < -0.3 is 20.9 Å². The van der Waals surface area contributed by atoms with Gasteiger partial charge in [-0.2, -0.15) is 4.98 Å². The molecule has 1 spiro atoms. The third-order valence-corrected chi connectivity index (χ3v) is 9.99. The molecule has 4 aliphatic heterocycles. The summed E-state index contributed by atoms with van der Waals surface area (Å²) in [5, 5.41) is 9.40. The summed E-state index contributed by atoms with van der Waals surface area (Å²) >= 11 is 0. The van der Waals surface area contributed by atoms with Crippen molar-refractivity contribution in [3.8, 4) is 0 Å². The van der Waals surface area contributed by atoms with Gasteiger partial charge in [-0.15, -0.1) is 0 Å². The summed E-state index contributed by atoms with van der Waals surface area (Å²) in [6, 6.07) is 5.62. The lowest BCUT2D eigenvalue weighted by molar-refractivity contribution is -0.144. The Labute approximate surface area is 226 Å². The molecule has 3 aliphatic carbocycles. The van der Waals surface area contributed by atoms with Crippen molar-refractivity contribution in [2.75, 3.05) is 60.9 Å². The number of hydrogen-bond donors (Lipinski definition) is 3. The van der Waals surface area contributed by atoms with Crippen molar-refractivity contribution < 1.29 is 14.0 Å². The van der Waals surface area contributed by atoms with Crippen LogP contribution in [0, 0.1) is 17.2 Å². The van der Waals surface area contributed by atoms with Crippen LogP contribution in [0.4, 0.5) is 27.5 Å². The molecular weight excluding hydrogens is 499 g/mol. The Morgan fingerprint density at radius 2 is 1.87 bits per heavy atom. The number of carbonyl (C=O) groups is 2. The van der Waals surface area contributed by atoms with Crippen LogP contribution in [0.25, 0.3) is 0 Å². The Balaban J connectivity index is 1.02. The number of anilines is 4. The summed E-state index contributed by atoms with van der Waals surface area (Å²) in [5.41, 5.74) is 0.701. The van der Waals surface area contributed by atoms with Crippen molar-refractivity contribution in [1.82, 2.24) is 25.5 Å². The summed E-state index contributed by atoms with van der Waals surface area (Å²) < 4.78 is 15.2. The first kappa shape index (κ1) is 23.6. The molecule has 1 aromatic heterocycles. The van der Waals surface area contributed by atoms with Crippen LogP contribution in [-0.2, 0) is 16.0 Å². The molecule has 10 nitrogen and oxygen atoms in total. The Morgan fingerprint density at radius 1 is 1.08 bits per heavy atom. The zero-order valence-electron chi connectivity index (χ0n) is 21.9. The second kappa shape index (κ2) is 8.34. The van der Waals surface area contributed by atoms with Gasteiger partial charge in [-0.3, -0.25) is 19.4 Å². The van der Waals surface area contributed by atoms with Crippen LogP contribution in [0.15, 0.2) is 24.4 Å². The fourth-order valence-corrected chi connectivity index (χ4v) is 7.58. The van der Waals surface area contributed by atoms with Crippen molar-refractivity contribution in [1.29, 1.82) is 0 Å². The standard InChI is InChI=1S/C28H33FN8O2/c29-21-9-19(1-2-22(21)36-15-20(16-36)35-7-5-30-6-8-35)33-26-32-14-18-13-28(3-4-31-24(28)38)25(39)37(23(18)34-26)27-10-17(11-27)12-27/h1-2,9,14,17,20,30H,3-8,10-13,15-16H2,(H,31,38)(H,32,33,34)/t17?,27?,28-/m1/s1. The van der Waals surface area contributed by atoms with E-state index in [1.165, 1.54) is 6.07 Å². The molecule has 0 unspecified atom stereocenters. The summed E-state index contributed by atoms with van der Waals surface area (Å²) in [6.07, 6.45) is 5.42. The van der Waals surface area contributed by atoms with Crippen LogP contribution < -0.4 is 25.8 Å². The zero-order valence-corrected chi connectivity index (χ0v) is 21.9. The van der Waals surface area contributed by atoms with E-state index >= 15 is 4.39 Å². The molecule has 2 aromatic rings. The number of aromatic nitrogens is 2. The van der Waals surface area contributed by atoms with Crippen LogP contribution in [0.3, 0.4) is 0 Å². The van der Waals surface area contributed by atoms with Crippen molar-refractivity contribution in [2.45, 2.75) is 43.7 Å². The molecule has 204 valence electrons. The van der Waals surface area contributed by atoms with Crippen molar-refractivity contribution in [3.63, 3.8) is 0 Å². The fourth-order valence-electron chi connectivity index (χ4n) is 7.58. The van der Waals surface area contributed by atoms with Gasteiger partial charge in [-0.05, 0) is 49.8 Å². The molecule has 3 saturated carbocycles. The highest BCUT2D eigenvalue weighted by atomic mass is 19.1. The molecule has 1 aromatic carbocycles. The Hall–Kier alpha value is -3.31. The number of piperazine rings is 1. The first-order valence-corrected chi connectivity index (χ1v) is 14.2. The average molecular weight is 533 g/mol. The fraction of sp³-hybridized carbons (Fsp3) is 0.571. The van der Waals surface area contributed by atoms with Gasteiger partial charge in [0.25, 0.3) is 0 Å². The van der Waals surface area contributed by atoms with Gasteiger partial charge in [-0.25, -0.2) is 9.37 Å². The highest BCUT2D eigenvalue weighted by molar-refractivity contribution is 6.15. The summed E-state index contributed by atoms with van der Waals surface area (Å²) in [6.45, 7) is 6.30. The predicted molar refractivity (Wildman–Crippen MR) is 143 cm³/mol. The molecule has 2 amide bonds. The van der Waals surface area contributed by atoms with E-state index in [0.29, 0.717) is 54.5 Å². The van der Waals surface area contributed by atoms with E-state index in [4.69, 9.17) is 4.98 Å². The number of hydrogen-bond acceptors (Lipinski definition) is 8. The molecule has 2 bridgehead atoms. The van der Waals surface area contributed by atoms with E-state index in [-0.39, 0.29) is 23.2 Å². The van der Waals surface area contributed by atoms with Gasteiger partial charge in [-0.1, -0.05) is 0 Å². The van der Waals surface area contributed by atoms with Crippen molar-refractivity contribution in [3.05, 3.63) is 35.8 Å². The number of carbonyl (C=O) groups excluding carboxylic acids is 2. The maximum Gasteiger partial charge on any atom is 0.244 e.